The zero-order chi connectivity index (χ0) is 21.0. The number of sulfonamides is 1. The van der Waals surface area contributed by atoms with E-state index in [1.54, 1.807) is 54.0 Å². The molecule has 0 fully saturated rings. The number of aromatic nitrogens is 1. The summed E-state index contributed by atoms with van der Waals surface area (Å²) >= 11 is 0. The third-order valence-electron chi connectivity index (χ3n) is 4.27. The van der Waals surface area contributed by atoms with Gasteiger partial charge in [0.2, 0.25) is 0 Å². The van der Waals surface area contributed by atoms with Crippen LogP contribution < -0.4 is 9.46 Å². The van der Waals surface area contributed by atoms with Crippen LogP contribution in [0.15, 0.2) is 53.4 Å². The molecular weight excluding hydrogens is 396 g/mol. The minimum atomic E-state index is -3.95. The first kappa shape index (κ1) is 20.7. The monoisotopic (exact) mass is 418 g/mol. The predicted molar refractivity (Wildman–Crippen MR) is 109 cm³/mol. The fourth-order valence-corrected chi connectivity index (χ4v) is 4.32. The molecule has 0 saturated heterocycles. The second-order valence-electron chi connectivity index (χ2n) is 6.10. The average molecular weight is 418 g/mol. The molecule has 1 N–H and O–H groups in total. The normalized spacial score (nSPS) is 11.4. The first-order chi connectivity index (χ1) is 13.9. The van der Waals surface area contributed by atoms with Crippen molar-refractivity contribution in [2.45, 2.75) is 18.6 Å². The molecule has 0 aliphatic rings. The van der Waals surface area contributed by atoms with Gasteiger partial charge >= 0.3 is 5.97 Å². The van der Waals surface area contributed by atoms with Gasteiger partial charge in [-0.25, -0.2) is 13.2 Å². The quantitative estimate of drug-likeness (QED) is 0.564. The fraction of sp³-hybridized carbons (Fsp3) is 0.250. The molecular formula is C20H22N2O6S. The summed E-state index contributed by atoms with van der Waals surface area (Å²) in [6, 6.07) is 13.1. The zero-order valence-corrected chi connectivity index (χ0v) is 17.2. The van der Waals surface area contributed by atoms with Gasteiger partial charge in [0.1, 0.15) is 23.1 Å². The van der Waals surface area contributed by atoms with E-state index in [1.165, 1.54) is 20.3 Å². The van der Waals surface area contributed by atoms with E-state index >= 15 is 0 Å². The van der Waals surface area contributed by atoms with Crippen molar-refractivity contribution >= 4 is 32.6 Å². The topological polar surface area (TPSA) is 95.9 Å². The molecule has 0 saturated carbocycles. The Morgan fingerprint density at radius 3 is 2.55 bits per heavy atom. The summed E-state index contributed by atoms with van der Waals surface area (Å²) in [7, 11) is -1.05. The van der Waals surface area contributed by atoms with Crippen molar-refractivity contribution in [3.63, 3.8) is 0 Å². The van der Waals surface area contributed by atoms with E-state index in [1.807, 2.05) is 0 Å². The molecule has 3 rings (SSSR count). The Labute approximate surface area is 169 Å². The van der Waals surface area contributed by atoms with Gasteiger partial charge in [-0.3, -0.25) is 4.72 Å². The molecule has 1 aromatic heterocycles. The third kappa shape index (κ3) is 4.06. The van der Waals surface area contributed by atoms with Crippen LogP contribution >= 0.6 is 0 Å². The van der Waals surface area contributed by atoms with Crippen LogP contribution in [0.1, 0.15) is 17.4 Å². The lowest BCUT2D eigenvalue weighted by Crippen LogP contribution is -2.16. The summed E-state index contributed by atoms with van der Waals surface area (Å²) in [6.45, 7) is 1.99. The molecule has 8 nitrogen and oxygen atoms in total. The van der Waals surface area contributed by atoms with E-state index in [2.05, 4.69) is 4.72 Å². The molecule has 0 aliphatic carbocycles. The van der Waals surface area contributed by atoms with Crippen LogP contribution in [0.3, 0.4) is 0 Å². The largest absolute Gasteiger partial charge is 0.495 e. The van der Waals surface area contributed by atoms with Crippen molar-refractivity contribution in [3.8, 4) is 5.75 Å². The Hall–Kier alpha value is -3.04. The van der Waals surface area contributed by atoms with Crippen LogP contribution in [-0.2, 0) is 26.2 Å². The first-order valence-corrected chi connectivity index (χ1v) is 10.4. The number of nitrogens with zero attached hydrogens (tertiary/aromatic N) is 1. The van der Waals surface area contributed by atoms with Crippen LogP contribution in [0.4, 0.5) is 5.69 Å². The highest BCUT2D eigenvalue weighted by Crippen LogP contribution is 2.31. The van der Waals surface area contributed by atoms with Gasteiger partial charge in [0.05, 0.1) is 24.9 Å². The van der Waals surface area contributed by atoms with E-state index in [-0.39, 0.29) is 29.7 Å². The number of ether oxygens (including phenoxy) is 3. The molecule has 0 radical (unpaired) electrons. The van der Waals surface area contributed by atoms with E-state index in [9.17, 15) is 13.2 Å². The number of hydrogen-bond acceptors (Lipinski definition) is 6. The Balaban J connectivity index is 2.14. The van der Waals surface area contributed by atoms with E-state index in [0.717, 1.165) is 0 Å². The lowest BCUT2D eigenvalue weighted by molar-refractivity contribution is 0.0496. The Morgan fingerprint density at radius 2 is 1.86 bits per heavy atom. The number of carbonyl (C=O) groups excluding carboxylic acids is 1. The summed E-state index contributed by atoms with van der Waals surface area (Å²) < 4.78 is 45.7. The van der Waals surface area contributed by atoms with E-state index < -0.39 is 16.0 Å². The maximum Gasteiger partial charge on any atom is 0.355 e. The van der Waals surface area contributed by atoms with E-state index in [4.69, 9.17) is 14.2 Å². The standard InChI is InChI=1S/C20H22N2O6S/c1-4-28-20(23)16-12-14-8-7-9-15(19(14)22(16)13-26-2)21-29(24,25)18-11-6-5-10-17(18)27-3/h5-12,21H,4,13H2,1-3H3. The molecule has 0 amide bonds. The number of hydrogen-bond donors (Lipinski definition) is 1. The summed E-state index contributed by atoms with van der Waals surface area (Å²) in [4.78, 5) is 12.4. The van der Waals surface area contributed by atoms with Crippen molar-refractivity contribution < 1.29 is 27.4 Å². The van der Waals surface area contributed by atoms with Gasteiger partial charge in [-0.2, -0.15) is 0 Å². The average Bonchev–Trinajstić information content (AvgIpc) is 3.08. The van der Waals surface area contributed by atoms with Gasteiger partial charge in [0.15, 0.2) is 0 Å². The van der Waals surface area contributed by atoms with Crippen LogP contribution in [0.25, 0.3) is 10.9 Å². The Kier molecular flexibility index (Phi) is 6.09. The maximum atomic E-state index is 13.0. The van der Waals surface area contributed by atoms with Gasteiger partial charge in [-0.15, -0.1) is 0 Å². The summed E-state index contributed by atoms with van der Waals surface area (Å²) in [5, 5.41) is 0.672. The number of para-hydroxylation sites is 2. The lowest BCUT2D eigenvalue weighted by atomic mass is 10.2. The van der Waals surface area contributed by atoms with Crippen LogP contribution in [0, 0.1) is 0 Å². The van der Waals surface area contributed by atoms with Crippen LogP contribution in [0.2, 0.25) is 0 Å². The van der Waals surface area contributed by atoms with Gasteiger partial charge in [-0.1, -0.05) is 24.3 Å². The number of carbonyl (C=O) groups is 1. The van der Waals surface area contributed by atoms with Crippen molar-refractivity contribution in [3.05, 3.63) is 54.2 Å². The Morgan fingerprint density at radius 1 is 1.10 bits per heavy atom. The van der Waals surface area contributed by atoms with Crippen LogP contribution in [-0.4, -0.2) is 39.8 Å². The molecule has 0 atom stereocenters. The number of methoxy groups -OCH3 is 2. The highest BCUT2D eigenvalue weighted by atomic mass is 32.2. The predicted octanol–water partition coefficient (Wildman–Crippen LogP) is 3.23. The van der Waals surface area contributed by atoms with Gasteiger partial charge in [0.25, 0.3) is 10.0 Å². The van der Waals surface area contributed by atoms with Crippen LogP contribution in [0.5, 0.6) is 5.75 Å². The number of esters is 1. The number of benzene rings is 2. The van der Waals surface area contributed by atoms with Crippen molar-refractivity contribution in [2.75, 3.05) is 25.5 Å². The highest BCUT2D eigenvalue weighted by Gasteiger charge is 2.23. The van der Waals surface area contributed by atoms with Crippen molar-refractivity contribution in [2.24, 2.45) is 0 Å². The van der Waals surface area contributed by atoms with Gasteiger partial charge < -0.3 is 18.8 Å². The number of anilines is 1. The minimum Gasteiger partial charge on any atom is -0.495 e. The summed E-state index contributed by atoms with van der Waals surface area (Å²) in [6.07, 6.45) is 0. The number of rotatable bonds is 8. The van der Waals surface area contributed by atoms with E-state index in [0.29, 0.717) is 16.6 Å². The molecule has 1 heterocycles. The second-order valence-corrected chi connectivity index (χ2v) is 7.75. The Bertz CT molecular complexity index is 1140. The van der Waals surface area contributed by atoms with Gasteiger partial charge in [-0.05, 0) is 31.2 Å². The molecule has 2 aromatic carbocycles. The second kappa shape index (κ2) is 8.54. The lowest BCUT2D eigenvalue weighted by Gasteiger charge is -2.14. The fourth-order valence-electron chi connectivity index (χ4n) is 3.08. The highest BCUT2D eigenvalue weighted by molar-refractivity contribution is 7.92. The zero-order valence-electron chi connectivity index (χ0n) is 16.3. The van der Waals surface area contributed by atoms with Crippen molar-refractivity contribution in [1.82, 2.24) is 4.57 Å². The van der Waals surface area contributed by atoms with Gasteiger partial charge in [0, 0.05) is 12.5 Å². The molecule has 0 aliphatic heterocycles. The summed E-state index contributed by atoms with van der Waals surface area (Å²) in [5.41, 5.74) is 1.09. The number of nitrogens with one attached hydrogen (secondary N) is 1. The molecule has 3 aromatic rings. The molecule has 0 bridgehead atoms. The summed E-state index contributed by atoms with van der Waals surface area (Å²) in [5.74, 6) is -0.286. The number of fused-ring (bicyclic) bond motifs is 1. The SMILES string of the molecule is CCOC(=O)c1cc2cccc(NS(=O)(=O)c3ccccc3OC)c2n1COC. The third-order valence-corrected chi connectivity index (χ3v) is 5.67. The smallest absolute Gasteiger partial charge is 0.355 e. The van der Waals surface area contributed by atoms with Crippen molar-refractivity contribution in [1.29, 1.82) is 0 Å². The molecule has 0 spiro atoms. The minimum absolute atomic E-state index is 0.00923. The molecule has 154 valence electrons. The molecule has 0 unspecified atom stereocenters. The maximum absolute atomic E-state index is 13.0. The first-order valence-electron chi connectivity index (χ1n) is 8.87. The molecule has 9 heteroatoms. The molecule has 29 heavy (non-hydrogen) atoms.